The van der Waals surface area contributed by atoms with Crippen LogP contribution in [-0.2, 0) is 17.7 Å². The maximum atomic E-state index is 12.9. The van der Waals surface area contributed by atoms with Crippen molar-refractivity contribution in [2.75, 3.05) is 35.0 Å². The molecule has 1 atom stereocenters. The summed E-state index contributed by atoms with van der Waals surface area (Å²) in [5.74, 6) is 2.70. The van der Waals surface area contributed by atoms with E-state index in [1.807, 2.05) is 91.9 Å². The molecule has 260 valence electrons. The van der Waals surface area contributed by atoms with Gasteiger partial charge in [-0.1, -0.05) is 60.2 Å². The quantitative estimate of drug-likeness (QED) is 0.123. The van der Waals surface area contributed by atoms with Crippen molar-refractivity contribution < 1.29 is 34.3 Å². The van der Waals surface area contributed by atoms with Gasteiger partial charge in [0.2, 0.25) is 0 Å². The van der Waals surface area contributed by atoms with Crippen LogP contribution in [-0.4, -0.2) is 61.2 Å². The Morgan fingerprint density at radius 1 is 0.620 bits per heavy atom. The van der Waals surface area contributed by atoms with Crippen LogP contribution >= 0.6 is 0 Å². The Bertz CT molecular complexity index is 1790. The first-order chi connectivity index (χ1) is 24.1. The molecule has 0 amide bonds. The zero-order valence-electron chi connectivity index (χ0n) is 29.2. The number of hydrogen-bond acceptors (Lipinski definition) is 8. The van der Waals surface area contributed by atoms with Gasteiger partial charge in [-0.2, -0.15) is 0 Å². The molecule has 1 aliphatic heterocycles. The number of phenolic OH excluding ortho intramolecular Hbond substituents is 1. The van der Waals surface area contributed by atoms with E-state index < -0.39 is 11.2 Å². The Morgan fingerprint density at radius 3 is 1.42 bits per heavy atom. The molecule has 0 radical (unpaired) electrons. The molecule has 0 aliphatic carbocycles. The maximum Gasteiger partial charge on any atom is 0.144 e. The fourth-order valence-corrected chi connectivity index (χ4v) is 7.34. The first-order valence-electron chi connectivity index (χ1n) is 16.8. The highest BCUT2D eigenvalue weighted by molar-refractivity contribution is 5.57. The SMILES string of the molecule is COc1ccc(C(O)(c2ccc(OC)cc2)c2cc(C)cc(CN3CCC[C@H]3C(O)(c3ccc(OC)cc3)c3ccc(OC)cc3)c2O)cc1. The molecule has 1 heterocycles. The molecule has 8 nitrogen and oxygen atoms in total. The summed E-state index contributed by atoms with van der Waals surface area (Å²) >= 11 is 0. The lowest BCUT2D eigenvalue weighted by Gasteiger charge is -2.40. The fourth-order valence-electron chi connectivity index (χ4n) is 7.34. The first kappa shape index (κ1) is 34.8. The molecule has 0 unspecified atom stereocenters. The Labute approximate surface area is 294 Å². The molecule has 3 N–H and O–H groups in total. The minimum atomic E-state index is -1.71. The lowest BCUT2D eigenvalue weighted by Crippen LogP contribution is -2.48. The van der Waals surface area contributed by atoms with Crippen molar-refractivity contribution in [3.05, 3.63) is 148 Å². The average molecular weight is 676 g/mol. The number of rotatable bonds is 12. The van der Waals surface area contributed by atoms with E-state index in [0.29, 0.717) is 58.3 Å². The molecule has 0 aromatic heterocycles. The summed E-state index contributed by atoms with van der Waals surface area (Å²) in [5, 5.41) is 37.8. The summed E-state index contributed by atoms with van der Waals surface area (Å²) < 4.78 is 21.6. The molecule has 5 aromatic carbocycles. The monoisotopic (exact) mass is 675 g/mol. The normalized spacial score (nSPS) is 15.1. The van der Waals surface area contributed by atoms with E-state index in [0.717, 1.165) is 29.5 Å². The van der Waals surface area contributed by atoms with Gasteiger partial charge in [0.05, 0.1) is 28.4 Å². The van der Waals surface area contributed by atoms with E-state index in [9.17, 15) is 15.3 Å². The first-order valence-corrected chi connectivity index (χ1v) is 16.8. The van der Waals surface area contributed by atoms with Gasteiger partial charge in [0.15, 0.2) is 0 Å². The van der Waals surface area contributed by atoms with Crippen LogP contribution in [0.1, 0.15) is 51.8 Å². The van der Waals surface area contributed by atoms with E-state index in [-0.39, 0.29) is 11.8 Å². The minimum absolute atomic E-state index is 0.00665. The predicted molar refractivity (Wildman–Crippen MR) is 193 cm³/mol. The topological polar surface area (TPSA) is 101 Å². The van der Waals surface area contributed by atoms with Gasteiger partial charge in [0, 0.05) is 23.7 Å². The number of aromatic hydroxyl groups is 1. The second kappa shape index (κ2) is 14.5. The zero-order chi connectivity index (χ0) is 35.5. The third-order valence-electron chi connectivity index (χ3n) is 10.0. The summed E-state index contributed by atoms with van der Waals surface area (Å²) in [6, 6.07) is 33.0. The van der Waals surface area contributed by atoms with Gasteiger partial charge >= 0.3 is 0 Å². The largest absolute Gasteiger partial charge is 0.507 e. The third-order valence-corrected chi connectivity index (χ3v) is 10.0. The fraction of sp³-hybridized carbons (Fsp3) is 0.286. The van der Waals surface area contributed by atoms with Gasteiger partial charge in [-0.3, -0.25) is 4.90 Å². The molecule has 6 rings (SSSR count). The number of likely N-dealkylation sites (tertiary alicyclic amines) is 1. The summed E-state index contributed by atoms with van der Waals surface area (Å²) in [6.07, 6.45) is 1.59. The van der Waals surface area contributed by atoms with E-state index in [1.165, 1.54) is 0 Å². The summed E-state index contributed by atoms with van der Waals surface area (Å²) in [7, 11) is 6.44. The standard InChI is InChI=1S/C42H45NO7/c1-28-25-29(40(44)38(26-28)41(45,30-8-16-34(47-2)17-9-30)31-10-18-35(48-3)19-11-31)27-43-24-6-7-39(43)42(46,32-12-20-36(49-4)21-13-32)33-14-22-37(50-5)23-15-33/h8-23,25-26,39,44-46H,6-7,24,27H2,1-5H3/t39-/m0/s1. The summed E-state index contributed by atoms with van der Waals surface area (Å²) in [5.41, 5.74) is 1.42. The van der Waals surface area contributed by atoms with E-state index in [4.69, 9.17) is 18.9 Å². The van der Waals surface area contributed by atoms with Crippen molar-refractivity contribution in [1.29, 1.82) is 0 Å². The van der Waals surface area contributed by atoms with Gasteiger partial charge in [-0.05, 0) is 103 Å². The number of methoxy groups -OCH3 is 4. The molecule has 0 bridgehead atoms. The lowest BCUT2D eigenvalue weighted by atomic mass is 9.78. The zero-order valence-corrected chi connectivity index (χ0v) is 29.2. The van der Waals surface area contributed by atoms with Crippen molar-refractivity contribution in [3.8, 4) is 28.7 Å². The van der Waals surface area contributed by atoms with Crippen molar-refractivity contribution in [1.82, 2.24) is 4.90 Å². The number of nitrogens with zero attached hydrogens (tertiary/aromatic N) is 1. The van der Waals surface area contributed by atoms with Gasteiger partial charge < -0.3 is 34.3 Å². The molecule has 50 heavy (non-hydrogen) atoms. The van der Waals surface area contributed by atoms with Crippen LogP contribution in [0.15, 0.2) is 109 Å². The maximum absolute atomic E-state index is 12.9. The number of aryl methyl sites for hydroxylation is 1. The molecule has 1 fully saturated rings. The number of benzene rings is 5. The smallest absolute Gasteiger partial charge is 0.144 e. The second-order valence-electron chi connectivity index (χ2n) is 12.8. The number of hydrogen-bond donors (Lipinski definition) is 3. The lowest BCUT2D eigenvalue weighted by molar-refractivity contribution is -0.00683. The molecule has 0 spiro atoms. The van der Waals surface area contributed by atoms with E-state index in [1.54, 1.807) is 52.7 Å². The molecule has 1 aliphatic rings. The van der Waals surface area contributed by atoms with Gasteiger partial charge in [0.1, 0.15) is 39.9 Å². The highest BCUT2D eigenvalue weighted by Gasteiger charge is 2.46. The van der Waals surface area contributed by atoms with Gasteiger partial charge in [0.25, 0.3) is 0 Å². The minimum Gasteiger partial charge on any atom is -0.507 e. The van der Waals surface area contributed by atoms with Crippen LogP contribution in [0.4, 0.5) is 0 Å². The average Bonchev–Trinajstić information content (AvgIpc) is 3.64. The van der Waals surface area contributed by atoms with E-state index >= 15 is 0 Å². The van der Waals surface area contributed by atoms with Crippen LogP contribution in [0.25, 0.3) is 0 Å². The molecular weight excluding hydrogens is 630 g/mol. The summed E-state index contributed by atoms with van der Waals surface area (Å²) in [6.45, 7) is 3.02. The number of ether oxygens (including phenoxy) is 4. The van der Waals surface area contributed by atoms with Crippen LogP contribution in [0.3, 0.4) is 0 Å². The van der Waals surface area contributed by atoms with Gasteiger partial charge in [-0.25, -0.2) is 0 Å². The Morgan fingerprint density at radius 2 is 1.02 bits per heavy atom. The van der Waals surface area contributed by atoms with Gasteiger partial charge in [-0.15, -0.1) is 0 Å². The number of aliphatic hydroxyl groups is 2. The highest BCUT2D eigenvalue weighted by Crippen LogP contribution is 2.46. The molecule has 8 heteroatoms. The van der Waals surface area contributed by atoms with Crippen molar-refractivity contribution >= 4 is 0 Å². The second-order valence-corrected chi connectivity index (χ2v) is 12.8. The van der Waals surface area contributed by atoms with Crippen LogP contribution < -0.4 is 18.9 Å². The van der Waals surface area contributed by atoms with Crippen molar-refractivity contribution in [2.45, 2.75) is 43.6 Å². The van der Waals surface area contributed by atoms with Crippen LogP contribution in [0, 0.1) is 6.92 Å². The Kier molecular flexibility index (Phi) is 10.1. The Hall–Kier alpha value is -5.02. The highest BCUT2D eigenvalue weighted by atomic mass is 16.5. The van der Waals surface area contributed by atoms with Crippen LogP contribution in [0.2, 0.25) is 0 Å². The van der Waals surface area contributed by atoms with Crippen molar-refractivity contribution in [2.24, 2.45) is 0 Å². The van der Waals surface area contributed by atoms with Crippen LogP contribution in [0.5, 0.6) is 28.7 Å². The molecule has 0 saturated carbocycles. The molecule has 5 aromatic rings. The predicted octanol–water partition coefficient (Wildman–Crippen LogP) is 6.92. The third kappa shape index (κ3) is 6.38. The number of phenols is 1. The molecule has 1 saturated heterocycles. The molecular formula is C42H45NO7. The van der Waals surface area contributed by atoms with E-state index in [2.05, 4.69) is 4.90 Å². The van der Waals surface area contributed by atoms with Crippen molar-refractivity contribution in [3.63, 3.8) is 0 Å². The summed E-state index contributed by atoms with van der Waals surface area (Å²) in [4.78, 5) is 2.23. The Balaban J connectivity index is 1.44.